The molecule has 0 atom stereocenters. The van der Waals surface area contributed by atoms with Crippen molar-refractivity contribution in [3.05, 3.63) is 53.6 Å². The average Bonchev–Trinajstić information content (AvgIpc) is 2.43. The molecule has 0 aliphatic rings. The summed E-state index contributed by atoms with van der Waals surface area (Å²) < 4.78 is 52.6. The van der Waals surface area contributed by atoms with Gasteiger partial charge in [-0.1, -0.05) is 0 Å². The minimum absolute atomic E-state index is 0.101. The summed E-state index contributed by atoms with van der Waals surface area (Å²) in [7, 11) is -4.12. The number of nitrogens with one attached hydrogen (secondary N) is 1. The van der Waals surface area contributed by atoms with Crippen molar-refractivity contribution in [3.63, 3.8) is 0 Å². The van der Waals surface area contributed by atoms with E-state index in [-0.39, 0.29) is 21.8 Å². The topological polar surface area (TPSA) is 96.0 Å². The predicted octanol–water partition coefficient (Wildman–Crippen LogP) is 2.22. The van der Waals surface area contributed by atoms with Crippen molar-refractivity contribution in [2.75, 3.05) is 10.5 Å². The first-order chi connectivity index (χ1) is 9.83. The summed E-state index contributed by atoms with van der Waals surface area (Å²) in [4.78, 5) is -0.359. The van der Waals surface area contributed by atoms with E-state index in [4.69, 9.17) is 11.0 Å². The van der Waals surface area contributed by atoms with E-state index in [1.165, 1.54) is 0 Å². The molecule has 0 saturated carbocycles. The van der Waals surface area contributed by atoms with Gasteiger partial charge in [-0.2, -0.15) is 5.26 Å². The lowest BCUT2D eigenvalue weighted by Gasteiger charge is -2.10. The summed E-state index contributed by atoms with van der Waals surface area (Å²) in [5.74, 6) is -1.55. The quantitative estimate of drug-likeness (QED) is 0.850. The van der Waals surface area contributed by atoms with Gasteiger partial charge < -0.3 is 5.73 Å². The number of hydrogen-bond donors (Lipinski definition) is 2. The van der Waals surface area contributed by atoms with Gasteiger partial charge in [-0.05, 0) is 36.4 Å². The highest BCUT2D eigenvalue weighted by Gasteiger charge is 2.18. The number of hydrogen-bond acceptors (Lipinski definition) is 4. The molecule has 2 rings (SSSR count). The summed E-state index contributed by atoms with van der Waals surface area (Å²) >= 11 is 0. The zero-order valence-electron chi connectivity index (χ0n) is 10.5. The molecule has 0 saturated heterocycles. The van der Waals surface area contributed by atoms with Crippen LogP contribution in [0.3, 0.4) is 0 Å². The number of sulfonamides is 1. The Labute approximate surface area is 119 Å². The number of rotatable bonds is 3. The van der Waals surface area contributed by atoms with Crippen LogP contribution < -0.4 is 10.5 Å². The summed E-state index contributed by atoms with van der Waals surface area (Å²) in [6.07, 6.45) is 0. The monoisotopic (exact) mass is 309 g/mol. The maximum absolute atomic E-state index is 13.3. The number of nitriles is 1. The molecule has 0 aliphatic carbocycles. The molecule has 108 valence electrons. The largest absolute Gasteiger partial charge is 0.396 e. The first kappa shape index (κ1) is 14.7. The third-order valence-corrected chi connectivity index (χ3v) is 3.99. The van der Waals surface area contributed by atoms with Gasteiger partial charge in [0, 0.05) is 0 Å². The zero-order chi connectivity index (χ0) is 15.6. The number of nitrogens with zero attached hydrogens (tertiary/aromatic N) is 1. The Morgan fingerprint density at radius 3 is 2.48 bits per heavy atom. The molecule has 3 N–H and O–H groups in total. The van der Waals surface area contributed by atoms with Crippen LogP contribution in [0.4, 0.5) is 20.2 Å². The fraction of sp³-hybridized carbons (Fsp3) is 0. The highest BCUT2D eigenvalue weighted by molar-refractivity contribution is 7.92. The van der Waals surface area contributed by atoms with E-state index >= 15 is 0 Å². The Morgan fingerprint density at radius 1 is 1.14 bits per heavy atom. The Bertz CT molecular complexity index is 845. The van der Waals surface area contributed by atoms with Crippen LogP contribution in [0.15, 0.2) is 41.3 Å². The molecule has 0 radical (unpaired) electrons. The highest BCUT2D eigenvalue weighted by atomic mass is 32.2. The molecule has 0 fully saturated rings. The predicted molar refractivity (Wildman–Crippen MR) is 72.7 cm³/mol. The Balaban J connectivity index is 2.42. The molecule has 8 heteroatoms. The standard InChI is InChI=1S/C13H9F2N3O2S/c14-9-1-4-13(8(5-9)7-16)18-21(19,20)10-2-3-12(17)11(15)6-10/h1-6,18H,17H2. The Morgan fingerprint density at radius 2 is 1.86 bits per heavy atom. The van der Waals surface area contributed by atoms with Crippen LogP contribution in [0.5, 0.6) is 0 Å². The van der Waals surface area contributed by atoms with Crippen molar-refractivity contribution in [1.82, 2.24) is 0 Å². The molecule has 0 spiro atoms. The van der Waals surface area contributed by atoms with Crippen molar-refractivity contribution in [2.24, 2.45) is 0 Å². The van der Waals surface area contributed by atoms with Gasteiger partial charge in [-0.3, -0.25) is 4.72 Å². The molecule has 0 amide bonds. The van der Waals surface area contributed by atoms with Gasteiger partial charge in [0.05, 0.1) is 21.8 Å². The lowest BCUT2D eigenvalue weighted by Crippen LogP contribution is -2.14. The summed E-state index contributed by atoms with van der Waals surface area (Å²) in [5.41, 5.74) is 4.80. The molecule has 0 aliphatic heterocycles. The molecule has 0 unspecified atom stereocenters. The summed E-state index contributed by atoms with van der Waals surface area (Å²) in [6.45, 7) is 0. The maximum Gasteiger partial charge on any atom is 0.262 e. The Kier molecular flexibility index (Phi) is 3.78. The van der Waals surface area contributed by atoms with Crippen LogP contribution in [0, 0.1) is 23.0 Å². The van der Waals surface area contributed by atoms with E-state index in [1.54, 1.807) is 6.07 Å². The van der Waals surface area contributed by atoms with Crippen molar-refractivity contribution in [2.45, 2.75) is 4.90 Å². The summed E-state index contributed by atoms with van der Waals surface area (Å²) in [6, 6.07) is 7.66. The SMILES string of the molecule is N#Cc1cc(F)ccc1NS(=O)(=O)c1ccc(N)c(F)c1. The van der Waals surface area contributed by atoms with Crippen LogP contribution in [0.25, 0.3) is 0 Å². The molecule has 2 aromatic carbocycles. The summed E-state index contributed by atoms with van der Waals surface area (Å²) in [5, 5.41) is 8.86. The third kappa shape index (κ3) is 3.09. The average molecular weight is 309 g/mol. The van der Waals surface area contributed by atoms with Crippen molar-refractivity contribution >= 4 is 21.4 Å². The van der Waals surface area contributed by atoms with E-state index in [0.717, 1.165) is 36.4 Å². The van der Waals surface area contributed by atoms with Crippen LogP contribution in [-0.2, 0) is 10.0 Å². The molecule has 21 heavy (non-hydrogen) atoms. The van der Waals surface area contributed by atoms with Crippen molar-refractivity contribution in [3.8, 4) is 6.07 Å². The highest BCUT2D eigenvalue weighted by Crippen LogP contribution is 2.22. The minimum atomic E-state index is -4.12. The van der Waals surface area contributed by atoms with Gasteiger partial charge in [-0.15, -0.1) is 0 Å². The first-order valence-electron chi connectivity index (χ1n) is 5.61. The second kappa shape index (κ2) is 5.38. The van der Waals surface area contributed by atoms with Crippen LogP contribution in [0.2, 0.25) is 0 Å². The molecular weight excluding hydrogens is 300 g/mol. The van der Waals surface area contributed by atoms with Gasteiger partial charge in [0.15, 0.2) is 0 Å². The molecule has 0 bridgehead atoms. The molecule has 2 aromatic rings. The van der Waals surface area contributed by atoms with Gasteiger partial charge in [0.1, 0.15) is 17.7 Å². The van der Waals surface area contributed by atoms with E-state index in [0.29, 0.717) is 0 Å². The van der Waals surface area contributed by atoms with E-state index < -0.39 is 21.7 Å². The van der Waals surface area contributed by atoms with Gasteiger partial charge in [0.2, 0.25) is 0 Å². The van der Waals surface area contributed by atoms with Gasteiger partial charge >= 0.3 is 0 Å². The lowest BCUT2D eigenvalue weighted by molar-refractivity contribution is 0.596. The molecular formula is C13H9F2N3O2S. The van der Waals surface area contributed by atoms with Gasteiger partial charge in [0.25, 0.3) is 10.0 Å². The van der Waals surface area contributed by atoms with Crippen molar-refractivity contribution < 1.29 is 17.2 Å². The smallest absolute Gasteiger partial charge is 0.262 e. The number of nitrogen functional groups attached to an aromatic ring is 1. The number of anilines is 2. The number of halogens is 2. The first-order valence-corrected chi connectivity index (χ1v) is 7.09. The van der Waals surface area contributed by atoms with Gasteiger partial charge in [-0.25, -0.2) is 17.2 Å². The Hall–Kier alpha value is -2.66. The van der Waals surface area contributed by atoms with Crippen LogP contribution >= 0.6 is 0 Å². The van der Waals surface area contributed by atoms with E-state index in [9.17, 15) is 17.2 Å². The second-order valence-corrected chi connectivity index (χ2v) is 5.77. The fourth-order valence-corrected chi connectivity index (χ4v) is 2.67. The van der Waals surface area contributed by atoms with E-state index in [1.807, 2.05) is 0 Å². The molecule has 5 nitrogen and oxygen atoms in total. The van der Waals surface area contributed by atoms with Crippen LogP contribution in [0.1, 0.15) is 5.56 Å². The maximum atomic E-state index is 13.3. The number of nitrogens with two attached hydrogens (primary N) is 1. The molecule has 0 heterocycles. The zero-order valence-corrected chi connectivity index (χ0v) is 11.3. The molecule has 0 aromatic heterocycles. The minimum Gasteiger partial charge on any atom is -0.396 e. The van der Waals surface area contributed by atoms with Crippen molar-refractivity contribution in [1.29, 1.82) is 5.26 Å². The normalized spacial score (nSPS) is 10.9. The second-order valence-electron chi connectivity index (χ2n) is 4.09. The van der Waals surface area contributed by atoms with E-state index in [2.05, 4.69) is 4.72 Å². The number of benzene rings is 2. The third-order valence-electron chi connectivity index (χ3n) is 2.63. The van der Waals surface area contributed by atoms with Crippen LogP contribution in [-0.4, -0.2) is 8.42 Å². The lowest BCUT2D eigenvalue weighted by atomic mass is 10.2. The fourth-order valence-electron chi connectivity index (χ4n) is 1.58.